The number of hydrogen-bond donors (Lipinski definition) is 0. The van der Waals surface area contributed by atoms with Gasteiger partial charge in [0.15, 0.2) is 5.78 Å². The molecular formula is C30H28O2. The van der Waals surface area contributed by atoms with Crippen LogP contribution in [0.5, 0.6) is 5.75 Å². The quantitative estimate of drug-likeness (QED) is 0.308. The zero-order chi connectivity index (χ0) is 22.7. The molecule has 4 aromatic carbocycles. The molecule has 0 heterocycles. The number of ether oxygens (including phenoxy) is 1. The first-order valence-electron chi connectivity index (χ1n) is 10.9. The lowest BCUT2D eigenvalue weighted by molar-refractivity contribution is 0.103. The van der Waals surface area contributed by atoms with Crippen LogP contribution in [0.25, 0.3) is 11.1 Å². The minimum Gasteiger partial charge on any atom is -0.497 e. The van der Waals surface area contributed by atoms with Crippen LogP contribution < -0.4 is 4.74 Å². The first kappa shape index (κ1) is 21.6. The number of hydrogen-bond acceptors (Lipinski definition) is 2. The van der Waals surface area contributed by atoms with Gasteiger partial charge in [0.25, 0.3) is 0 Å². The third-order valence-electron chi connectivity index (χ3n) is 6.21. The highest BCUT2D eigenvalue weighted by atomic mass is 16.5. The Morgan fingerprint density at radius 3 is 1.50 bits per heavy atom. The first-order valence-corrected chi connectivity index (χ1v) is 10.9. The highest BCUT2D eigenvalue weighted by Crippen LogP contribution is 2.33. The van der Waals surface area contributed by atoms with Gasteiger partial charge in [-0.2, -0.15) is 0 Å². The van der Waals surface area contributed by atoms with Crippen LogP contribution in [0.4, 0.5) is 0 Å². The molecule has 0 fully saturated rings. The van der Waals surface area contributed by atoms with Gasteiger partial charge in [0.2, 0.25) is 0 Å². The highest BCUT2D eigenvalue weighted by molar-refractivity contribution is 6.09. The van der Waals surface area contributed by atoms with E-state index in [1.54, 1.807) is 7.11 Å². The van der Waals surface area contributed by atoms with Gasteiger partial charge in [0.1, 0.15) is 5.75 Å². The van der Waals surface area contributed by atoms with E-state index in [0.29, 0.717) is 11.1 Å². The molecule has 2 nitrogen and oxygen atoms in total. The third kappa shape index (κ3) is 4.36. The fourth-order valence-electron chi connectivity index (χ4n) is 3.94. The minimum atomic E-state index is -0.116. The predicted octanol–water partition coefficient (Wildman–Crippen LogP) is 7.23. The van der Waals surface area contributed by atoms with Crippen LogP contribution in [0, 0.1) is 6.92 Å². The van der Waals surface area contributed by atoms with E-state index in [-0.39, 0.29) is 11.2 Å². The van der Waals surface area contributed by atoms with Gasteiger partial charge in [-0.25, -0.2) is 0 Å². The van der Waals surface area contributed by atoms with E-state index < -0.39 is 0 Å². The fraction of sp³-hybridized carbons (Fsp3) is 0.167. The maximum atomic E-state index is 12.7. The number of benzene rings is 4. The zero-order valence-electron chi connectivity index (χ0n) is 19.1. The van der Waals surface area contributed by atoms with Crippen molar-refractivity contribution in [2.45, 2.75) is 26.2 Å². The molecule has 0 saturated heterocycles. The molecule has 0 aromatic heterocycles. The average Bonchev–Trinajstić information content (AvgIpc) is 2.84. The molecule has 2 heteroatoms. The second kappa shape index (κ2) is 8.84. The SMILES string of the molecule is COc1ccc(C(C)(C)c2ccc(-c3ccc(C(=O)c4ccc(C)cc4)cc3)cc2)cc1. The van der Waals surface area contributed by atoms with Crippen LogP contribution in [-0.2, 0) is 5.41 Å². The number of rotatable bonds is 6. The van der Waals surface area contributed by atoms with Crippen LogP contribution in [0.2, 0.25) is 0 Å². The Bertz CT molecular complexity index is 1200. The van der Waals surface area contributed by atoms with Crippen LogP contribution in [-0.4, -0.2) is 12.9 Å². The molecule has 0 N–H and O–H groups in total. The third-order valence-corrected chi connectivity index (χ3v) is 6.21. The number of ketones is 1. The van der Waals surface area contributed by atoms with Crippen molar-refractivity contribution >= 4 is 5.78 Å². The Hall–Kier alpha value is -3.65. The zero-order valence-corrected chi connectivity index (χ0v) is 19.1. The molecule has 0 aliphatic heterocycles. The lowest BCUT2D eigenvalue weighted by atomic mass is 9.78. The molecular weight excluding hydrogens is 392 g/mol. The topological polar surface area (TPSA) is 26.3 Å². The van der Waals surface area contributed by atoms with Crippen molar-refractivity contribution in [2.24, 2.45) is 0 Å². The Kier molecular flexibility index (Phi) is 5.96. The summed E-state index contributed by atoms with van der Waals surface area (Å²) in [7, 11) is 1.68. The van der Waals surface area contributed by atoms with Gasteiger partial charge in [-0.05, 0) is 41.3 Å². The normalized spacial score (nSPS) is 11.2. The summed E-state index contributed by atoms with van der Waals surface area (Å²) >= 11 is 0. The Morgan fingerprint density at radius 1 is 0.625 bits per heavy atom. The maximum absolute atomic E-state index is 12.7. The number of carbonyl (C=O) groups is 1. The largest absolute Gasteiger partial charge is 0.497 e. The second-order valence-electron chi connectivity index (χ2n) is 8.70. The second-order valence-corrected chi connectivity index (χ2v) is 8.70. The Balaban J connectivity index is 1.53. The van der Waals surface area contributed by atoms with Crippen molar-refractivity contribution in [3.8, 4) is 16.9 Å². The molecule has 4 aromatic rings. The van der Waals surface area contributed by atoms with Crippen molar-refractivity contribution < 1.29 is 9.53 Å². The van der Waals surface area contributed by atoms with Crippen LogP contribution >= 0.6 is 0 Å². The van der Waals surface area contributed by atoms with E-state index in [2.05, 4.69) is 50.2 Å². The van der Waals surface area contributed by atoms with Crippen molar-refractivity contribution in [3.63, 3.8) is 0 Å². The molecule has 160 valence electrons. The van der Waals surface area contributed by atoms with Gasteiger partial charge in [0.05, 0.1) is 7.11 Å². The monoisotopic (exact) mass is 420 g/mol. The van der Waals surface area contributed by atoms with Crippen LogP contribution in [0.1, 0.15) is 46.5 Å². The molecule has 4 rings (SSSR count). The molecule has 0 radical (unpaired) electrons. The molecule has 0 saturated carbocycles. The number of carbonyl (C=O) groups excluding carboxylic acids is 1. The summed E-state index contributed by atoms with van der Waals surface area (Å²) < 4.78 is 5.28. The molecule has 0 aliphatic rings. The molecule has 0 spiro atoms. The lowest BCUT2D eigenvalue weighted by Gasteiger charge is -2.26. The summed E-state index contributed by atoms with van der Waals surface area (Å²) in [5.41, 5.74) is 7.17. The Morgan fingerprint density at radius 2 is 1.03 bits per heavy atom. The van der Waals surface area contributed by atoms with E-state index in [1.165, 1.54) is 11.1 Å². The van der Waals surface area contributed by atoms with E-state index in [9.17, 15) is 4.79 Å². The summed E-state index contributed by atoms with van der Waals surface area (Å²) in [4.78, 5) is 12.7. The maximum Gasteiger partial charge on any atom is 0.193 e. The summed E-state index contributed by atoms with van der Waals surface area (Å²) in [5, 5.41) is 0. The van der Waals surface area contributed by atoms with Gasteiger partial charge in [-0.15, -0.1) is 0 Å². The highest BCUT2D eigenvalue weighted by Gasteiger charge is 2.23. The molecule has 0 unspecified atom stereocenters. The van der Waals surface area contributed by atoms with Gasteiger partial charge in [0, 0.05) is 16.5 Å². The van der Waals surface area contributed by atoms with Crippen molar-refractivity contribution in [1.29, 1.82) is 0 Å². The summed E-state index contributed by atoms with van der Waals surface area (Å²) in [6.45, 7) is 6.48. The average molecular weight is 421 g/mol. The van der Waals surface area contributed by atoms with Crippen molar-refractivity contribution in [1.82, 2.24) is 0 Å². The smallest absolute Gasteiger partial charge is 0.193 e. The van der Waals surface area contributed by atoms with Crippen LogP contribution in [0.15, 0.2) is 97.1 Å². The van der Waals surface area contributed by atoms with Gasteiger partial charge in [-0.1, -0.05) is 104 Å². The van der Waals surface area contributed by atoms with E-state index in [0.717, 1.165) is 22.4 Å². The summed E-state index contributed by atoms with van der Waals surface area (Å²) in [5.74, 6) is 0.914. The van der Waals surface area contributed by atoms with Crippen molar-refractivity contribution in [3.05, 3.63) is 125 Å². The fourth-order valence-corrected chi connectivity index (χ4v) is 3.94. The van der Waals surface area contributed by atoms with E-state index in [4.69, 9.17) is 4.74 Å². The lowest BCUT2D eigenvalue weighted by Crippen LogP contribution is -2.18. The van der Waals surface area contributed by atoms with Crippen LogP contribution in [0.3, 0.4) is 0 Å². The first-order chi connectivity index (χ1) is 15.4. The minimum absolute atomic E-state index is 0.0492. The molecule has 32 heavy (non-hydrogen) atoms. The molecule has 0 amide bonds. The standard InChI is InChI=1S/C30H28O2/c1-21-5-7-24(8-6-21)29(31)25-11-9-22(10-12-25)23-13-15-26(16-14-23)30(2,3)27-17-19-28(32-4)20-18-27/h5-20H,1-4H3. The van der Waals surface area contributed by atoms with Gasteiger partial charge >= 0.3 is 0 Å². The summed E-state index contributed by atoms with van der Waals surface area (Å²) in [6.07, 6.45) is 0. The molecule has 0 aliphatic carbocycles. The van der Waals surface area contributed by atoms with Gasteiger partial charge in [-0.3, -0.25) is 4.79 Å². The van der Waals surface area contributed by atoms with Crippen molar-refractivity contribution in [2.75, 3.05) is 7.11 Å². The van der Waals surface area contributed by atoms with E-state index >= 15 is 0 Å². The number of methoxy groups -OCH3 is 1. The van der Waals surface area contributed by atoms with Gasteiger partial charge < -0.3 is 4.74 Å². The molecule has 0 bridgehead atoms. The molecule has 0 atom stereocenters. The number of aryl methyl sites for hydroxylation is 1. The van der Waals surface area contributed by atoms with E-state index in [1.807, 2.05) is 67.6 Å². The summed E-state index contributed by atoms with van der Waals surface area (Å²) in [6, 6.07) is 32.5. The Labute approximate surface area is 190 Å². The predicted molar refractivity (Wildman–Crippen MR) is 132 cm³/mol.